The maximum atomic E-state index is 9.54. The van der Waals surface area contributed by atoms with Crippen LogP contribution in [-0.4, -0.2) is 10.0 Å². The largest absolute Gasteiger partial charge is 0.380 e. The van der Waals surface area contributed by atoms with Gasteiger partial charge in [0.15, 0.2) is 0 Å². The quantitative estimate of drug-likeness (QED) is 0.412. The van der Waals surface area contributed by atoms with Crippen LogP contribution in [0.1, 0.15) is 44.9 Å². The van der Waals surface area contributed by atoms with E-state index in [1.807, 2.05) is 0 Å². The van der Waals surface area contributed by atoms with E-state index < -0.39 is 4.93 Å². The molecule has 0 spiro atoms. The zero-order chi connectivity index (χ0) is 7.45. The first-order chi connectivity index (χ1) is 4.71. The summed E-state index contributed by atoms with van der Waals surface area (Å²) in [5, 5.41) is 9.54. The Morgan fingerprint density at radius 1 is 0.900 bits per heavy atom. The molecule has 0 aromatic carbocycles. The van der Waals surface area contributed by atoms with Crippen LogP contribution in [0.4, 0.5) is 0 Å². The smallest absolute Gasteiger partial charge is 0.107 e. The first-order valence-corrected chi connectivity index (χ1v) is 4.60. The first-order valence-electron chi connectivity index (χ1n) is 4.15. The second-order valence-corrected chi connectivity index (χ2v) is 4.08. The molecule has 0 radical (unpaired) electrons. The average molecular weight is 160 g/mol. The van der Waals surface area contributed by atoms with Gasteiger partial charge in [0.1, 0.15) is 4.93 Å². The lowest BCUT2D eigenvalue weighted by molar-refractivity contribution is 0.108. The molecule has 1 N–H and O–H groups in total. The van der Waals surface area contributed by atoms with Gasteiger partial charge in [0.25, 0.3) is 0 Å². The molecule has 0 amide bonds. The molecule has 1 fully saturated rings. The van der Waals surface area contributed by atoms with E-state index in [2.05, 4.69) is 12.6 Å². The van der Waals surface area contributed by atoms with Gasteiger partial charge in [-0.05, 0) is 25.7 Å². The third-order valence-electron chi connectivity index (χ3n) is 2.15. The Balaban J connectivity index is 2.30. The lowest BCUT2D eigenvalue weighted by Crippen LogP contribution is -2.21. The summed E-state index contributed by atoms with van der Waals surface area (Å²) in [6.45, 7) is 0. The molecule has 0 atom stereocenters. The Hall–Kier alpha value is 0.310. The minimum absolute atomic E-state index is 0.652. The summed E-state index contributed by atoms with van der Waals surface area (Å²) >= 11 is 4.19. The zero-order valence-electron chi connectivity index (χ0n) is 6.34. The van der Waals surface area contributed by atoms with Crippen molar-refractivity contribution in [2.75, 3.05) is 0 Å². The standard InChI is InChI=1S/C8H16OS/c9-8(10)6-4-2-1-3-5-7-8/h9-10H,1-7H2. The predicted molar refractivity (Wildman–Crippen MR) is 46.3 cm³/mol. The van der Waals surface area contributed by atoms with Crippen molar-refractivity contribution in [3.05, 3.63) is 0 Å². The van der Waals surface area contributed by atoms with Crippen LogP contribution in [0.25, 0.3) is 0 Å². The maximum Gasteiger partial charge on any atom is 0.107 e. The van der Waals surface area contributed by atoms with Crippen molar-refractivity contribution in [2.24, 2.45) is 0 Å². The Morgan fingerprint density at radius 2 is 1.30 bits per heavy atom. The minimum atomic E-state index is -0.652. The van der Waals surface area contributed by atoms with Crippen molar-refractivity contribution >= 4 is 12.6 Å². The molecule has 0 unspecified atom stereocenters. The summed E-state index contributed by atoms with van der Waals surface area (Å²) in [6.07, 6.45) is 7.89. The SMILES string of the molecule is OC1(S)CCCCCCC1. The molecule has 1 rings (SSSR count). The van der Waals surface area contributed by atoms with Crippen molar-refractivity contribution in [1.29, 1.82) is 0 Å². The summed E-state index contributed by atoms with van der Waals surface area (Å²) in [7, 11) is 0. The van der Waals surface area contributed by atoms with Crippen LogP contribution < -0.4 is 0 Å². The summed E-state index contributed by atoms with van der Waals surface area (Å²) in [5.41, 5.74) is 0. The minimum Gasteiger partial charge on any atom is -0.380 e. The van der Waals surface area contributed by atoms with Crippen molar-refractivity contribution in [2.45, 2.75) is 49.9 Å². The molecular weight excluding hydrogens is 144 g/mol. The van der Waals surface area contributed by atoms with Gasteiger partial charge in [0, 0.05) is 0 Å². The Labute approximate surface area is 68.2 Å². The van der Waals surface area contributed by atoms with Gasteiger partial charge >= 0.3 is 0 Å². The van der Waals surface area contributed by atoms with Crippen LogP contribution in [0.3, 0.4) is 0 Å². The molecule has 0 aliphatic heterocycles. The highest BCUT2D eigenvalue weighted by Gasteiger charge is 2.21. The van der Waals surface area contributed by atoms with Crippen molar-refractivity contribution in [3.63, 3.8) is 0 Å². The van der Waals surface area contributed by atoms with E-state index in [9.17, 15) is 5.11 Å². The number of thiol groups is 1. The molecule has 2 heteroatoms. The van der Waals surface area contributed by atoms with E-state index in [-0.39, 0.29) is 0 Å². The predicted octanol–water partition coefficient (Wildman–Crippen LogP) is 2.35. The van der Waals surface area contributed by atoms with Gasteiger partial charge in [-0.25, -0.2) is 0 Å². The van der Waals surface area contributed by atoms with Crippen LogP contribution in [0.2, 0.25) is 0 Å². The average Bonchev–Trinajstić information content (AvgIpc) is 1.81. The fourth-order valence-corrected chi connectivity index (χ4v) is 1.79. The molecule has 0 heterocycles. The zero-order valence-corrected chi connectivity index (χ0v) is 7.24. The van der Waals surface area contributed by atoms with Gasteiger partial charge in [0.05, 0.1) is 0 Å². The molecule has 0 bridgehead atoms. The lowest BCUT2D eigenvalue weighted by atomic mass is 9.98. The highest BCUT2D eigenvalue weighted by molar-refractivity contribution is 7.81. The van der Waals surface area contributed by atoms with Crippen LogP contribution in [0.15, 0.2) is 0 Å². The van der Waals surface area contributed by atoms with Gasteiger partial charge in [-0.3, -0.25) is 0 Å². The highest BCUT2D eigenvalue weighted by Crippen LogP contribution is 2.28. The lowest BCUT2D eigenvalue weighted by Gasteiger charge is -2.24. The second-order valence-electron chi connectivity index (χ2n) is 3.25. The molecule has 1 nitrogen and oxygen atoms in total. The molecule has 0 aromatic heterocycles. The normalized spacial score (nSPS) is 27.0. The molecule has 1 aliphatic rings. The Kier molecular flexibility index (Phi) is 3.05. The Morgan fingerprint density at radius 3 is 1.80 bits per heavy atom. The number of hydrogen-bond donors (Lipinski definition) is 2. The first kappa shape index (κ1) is 8.41. The monoisotopic (exact) mass is 160 g/mol. The van der Waals surface area contributed by atoms with Crippen molar-refractivity contribution in [1.82, 2.24) is 0 Å². The van der Waals surface area contributed by atoms with E-state index in [0.717, 1.165) is 25.7 Å². The summed E-state index contributed by atoms with van der Waals surface area (Å²) < 4.78 is 0. The number of rotatable bonds is 0. The summed E-state index contributed by atoms with van der Waals surface area (Å²) in [4.78, 5) is -0.652. The van der Waals surface area contributed by atoms with Crippen molar-refractivity contribution in [3.8, 4) is 0 Å². The van der Waals surface area contributed by atoms with Gasteiger partial charge in [-0.1, -0.05) is 19.3 Å². The highest BCUT2D eigenvalue weighted by atomic mass is 32.1. The fourth-order valence-electron chi connectivity index (χ4n) is 1.47. The summed E-state index contributed by atoms with van der Waals surface area (Å²) in [6, 6.07) is 0. The maximum absolute atomic E-state index is 9.54. The second kappa shape index (κ2) is 3.63. The van der Waals surface area contributed by atoms with Gasteiger partial charge in [-0.15, -0.1) is 12.6 Å². The Bertz CT molecular complexity index is 91.4. The topological polar surface area (TPSA) is 20.2 Å². The number of aliphatic hydroxyl groups is 1. The third kappa shape index (κ3) is 2.93. The molecular formula is C8H16OS. The van der Waals surface area contributed by atoms with E-state index in [0.29, 0.717) is 0 Å². The van der Waals surface area contributed by atoms with Crippen LogP contribution in [0.5, 0.6) is 0 Å². The van der Waals surface area contributed by atoms with Crippen LogP contribution in [-0.2, 0) is 0 Å². The van der Waals surface area contributed by atoms with E-state index in [1.165, 1.54) is 19.3 Å². The third-order valence-corrected chi connectivity index (χ3v) is 2.60. The van der Waals surface area contributed by atoms with E-state index in [1.54, 1.807) is 0 Å². The van der Waals surface area contributed by atoms with Crippen LogP contribution >= 0.6 is 12.6 Å². The van der Waals surface area contributed by atoms with Crippen LogP contribution in [0, 0.1) is 0 Å². The number of hydrogen-bond acceptors (Lipinski definition) is 2. The molecule has 60 valence electrons. The van der Waals surface area contributed by atoms with Crippen molar-refractivity contribution < 1.29 is 5.11 Å². The summed E-state index contributed by atoms with van der Waals surface area (Å²) in [5.74, 6) is 0. The van der Waals surface area contributed by atoms with E-state index in [4.69, 9.17) is 0 Å². The fraction of sp³-hybridized carbons (Fsp3) is 1.00. The van der Waals surface area contributed by atoms with E-state index >= 15 is 0 Å². The molecule has 0 aromatic rings. The molecule has 1 aliphatic carbocycles. The van der Waals surface area contributed by atoms with Gasteiger partial charge in [-0.2, -0.15) is 0 Å². The molecule has 10 heavy (non-hydrogen) atoms. The molecule has 0 saturated heterocycles. The van der Waals surface area contributed by atoms with Gasteiger partial charge in [0.2, 0.25) is 0 Å². The van der Waals surface area contributed by atoms with Gasteiger partial charge < -0.3 is 5.11 Å². The molecule has 1 saturated carbocycles.